The standard InChI is InChI=1S/C9H5BrFNO/c10-9-5(11)1-2-6-8(9)7(13)3-4-12-6/h1-4H,(H,12,13). The summed E-state index contributed by atoms with van der Waals surface area (Å²) in [7, 11) is 0. The van der Waals surface area contributed by atoms with Gasteiger partial charge in [-0.15, -0.1) is 0 Å². The maximum atomic E-state index is 13.0. The molecule has 2 rings (SSSR count). The molecule has 0 fully saturated rings. The fourth-order valence-electron chi connectivity index (χ4n) is 1.16. The summed E-state index contributed by atoms with van der Waals surface area (Å²) in [5.74, 6) is -0.382. The van der Waals surface area contributed by atoms with Crippen LogP contribution in [-0.2, 0) is 0 Å². The van der Waals surface area contributed by atoms with E-state index >= 15 is 0 Å². The van der Waals surface area contributed by atoms with Gasteiger partial charge >= 0.3 is 0 Å². The minimum atomic E-state index is -0.407. The highest BCUT2D eigenvalue weighted by molar-refractivity contribution is 9.10. The van der Waals surface area contributed by atoms with Crippen molar-refractivity contribution < 1.29 is 9.50 Å². The highest BCUT2D eigenvalue weighted by Gasteiger charge is 2.08. The Bertz CT molecular complexity index is 472. The Morgan fingerprint density at radius 1 is 1.31 bits per heavy atom. The fraction of sp³-hybridized carbons (Fsp3) is 0. The second kappa shape index (κ2) is 2.96. The van der Waals surface area contributed by atoms with Crippen molar-refractivity contribution in [3.8, 4) is 5.75 Å². The van der Waals surface area contributed by atoms with Crippen molar-refractivity contribution in [3.63, 3.8) is 0 Å². The van der Waals surface area contributed by atoms with Crippen LogP contribution in [0.4, 0.5) is 4.39 Å². The number of benzene rings is 1. The molecule has 0 amide bonds. The predicted molar refractivity (Wildman–Crippen MR) is 51.1 cm³/mol. The van der Waals surface area contributed by atoms with Crippen LogP contribution in [-0.4, -0.2) is 10.1 Å². The van der Waals surface area contributed by atoms with Crippen LogP contribution in [0, 0.1) is 5.82 Å². The Morgan fingerprint density at radius 3 is 2.85 bits per heavy atom. The summed E-state index contributed by atoms with van der Waals surface area (Å²) >= 11 is 3.06. The van der Waals surface area contributed by atoms with E-state index in [1.54, 1.807) is 0 Å². The third-order valence-corrected chi connectivity index (χ3v) is 2.55. The van der Waals surface area contributed by atoms with Crippen LogP contribution in [0.15, 0.2) is 28.9 Å². The van der Waals surface area contributed by atoms with Crippen LogP contribution in [0.2, 0.25) is 0 Å². The Balaban J connectivity index is 2.97. The molecule has 13 heavy (non-hydrogen) atoms. The van der Waals surface area contributed by atoms with Crippen LogP contribution in [0.3, 0.4) is 0 Å². The molecule has 2 aromatic rings. The minimum Gasteiger partial charge on any atom is -0.507 e. The van der Waals surface area contributed by atoms with Gasteiger partial charge in [0.2, 0.25) is 0 Å². The maximum Gasteiger partial charge on any atom is 0.138 e. The lowest BCUT2D eigenvalue weighted by Gasteiger charge is -2.02. The smallest absolute Gasteiger partial charge is 0.138 e. The van der Waals surface area contributed by atoms with E-state index in [9.17, 15) is 9.50 Å². The molecule has 1 aromatic heterocycles. The summed E-state index contributed by atoms with van der Waals surface area (Å²) in [6.07, 6.45) is 1.47. The van der Waals surface area contributed by atoms with Crippen LogP contribution in [0.1, 0.15) is 0 Å². The number of rotatable bonds is 0. The van der Waals surface area contributed by atoms with Gasteiger partial charge in [-0.2, -0.15) is 0 Å². The van der Waals surface area contributed by atoms with Gasteiger partial charge in [-0.05, 0) is 34.1 Å². The van der Waals surface area contributed by atoms with E-state index in [-0.39, 0.29) is 10.2 Å². The van der Waals surface area contributed by atoms with Gasteiger partial charge in [0.25, 0.3) is 0 Å². The Kier molecular flexibility index (Phi) is 1.92. The summed E-state index contributed by atoms with van der Waals surface area (Å²) in [4.78, 5) is 3.99. The Hall–Kier alpha value is -1.16. The second-order valence-corrected chi connectivity index (χ2v) is 3.38. The maximum absolute atomic E-state index is 13.0. The lowest BCUT2D eigenvalue weighted by atomic mass is 10.2. The van der Waals surface area contributed by atoms with Gasteiger partial charge < -0.3 is 5.11 Å². The number of hydrogen-bond acceptors (Lipinski definition) is 2. The number of nitrogens with zero attached hydrogens (tertiary/aromatic N) is 1. The van der Waals surface area contributed by atoms with Gasteiger partial charge in [0, 0.05) is 6.20 Å². The van der Waals surface area contributed by atoms with E-state index in [1.807, 2.05) is 0 Å². The zero-order valence-corrected chi connectivity index (χ0v) is 8.05. The van der Waals surface area contributed by atoms with Crippen molar-refractivity contribution in [2.45, 2.75) is 0 Å². The molecular formula is C9H5BrFNO. The molecule has 66 valence electrons. The quantitative estimate of drug-likeness (QED) is 0.770. The number of pyridine rings is 1. The van der Waals surface area contributed by atoms with Gasteiger partial charge in [-0.3, -0.25) is 4.98 Å². The minimum absolute atomic E-state index is 0.0244. The molecule has 0 aliphatic rings. The summed E-state index contributed by atoms with van der Waals surface area (Å²) < 4.78 is 13.3. The molecule has 1 aromatic carbocycles. The monoisotopic (exact) mass is 241 g/mol. The zero-order chi connectivity index (χ0) is 9.42. The van der Waals surface area contributed by atoms with Gasteiger partial charge in [0.15, 0.2) is 0 Å². The SMILES string of the molecule is Oc1ccnc2ccc(F)c(Br)c12. The van der Waals surface area contributed by atoms with E-state index in [1.165, 1.54) is 24.4 Å². The first-order valence-electron chi connectivity index (χ1n) is 3.62. The first-order valence-corrected chi connectivity index (χ1v) is 4.41. The Morgan fingerprint density at radius 2 is 2.08 bits per heavy atom. The normalized spacial score (nSPS) is 10.6. The van der Waals surface area contributed by atoms with Crippen molar-refractivity contribution in [1.82, 2.24) is 4.98 Å². The molecule has 0 bridgehead atoms. The van der Waals surface area contributed by atoms with E-state index in [0.29, 0.717) is 10.9 Å². The first kappa shape index (κ1) is 8.44. The van der Waals surface area contributed by atoms with Crippen LogP contribution < -0.4 is 0 Å². The number of fused-ring (bicyclic) bond motifs is 1. The average molecular weight is 242 g/mol. The van der Waals surface area contributed by atoms with Crippen molar-refractivity contribution in [2.24, 2.45) is 0 Å². The summed E-state index contributed by atoms with van der Waals surface area (Å²) in [5, 5.41) is 9.84. The molecular weight excluding hydrogens is 237 g/mol. The number of hydrogen-bond donors (Lipinski definition) is 1. The topological polar surface area (TPSA) is 33.1 Å². The summed E-state index contributed by atoms with van der Waals surface area (Å²) in [5.41, 5.74) is 0.563. The number of aromatic nitrogens is 1. The third-order valence-electron chi connectivity index (χ3n) is 1.78. The first-order chi connectivity index (χ1) is 6.20. The van der Waals surface area contributed by atoms with E-state index in [4.69, 9.17) is 0 Å². The van der Waals surface area contributed by atoms with Crippen LogP contribution >= 0.6 is 15.9 Å². The lowest BCUT2D eigenvalue weighted by molar-refractivity contribution is 0.480. The average Bonchev–Trinajstić information content (AvgIpc) is 2.12. The molecule has 0 saturated heterocycles. The van der Waals surface area contributed by atoms with Crippen LogP contribution in [0.5, 0.6) is 5.75 Å². The number of aromatic hydroxyl groups is 1. The molecule has 0 aliphatic heterocycles. The van der Waals surface area contributed by atoms with Crippen molar-refractivity contribution >= 4 is 26.8 Å². The molecule has 2 nitrogen and oxygen atoms in total. The second-order valence-electron chi connectivity index (χ2n) is 2.59. The van der Waals surface area contributed by atoms with Crippen molar-refractivity contribution in [2.75, 3.05) is 0 Å². The number of halogens is 2. The van der Waals surface area contributed by atoms with Gasteiger partial charge in [-0.1, -0.05) is 0 Å². The molecule has 1 heterocycles. The molecule has 0 aliphatic carbocycles. The van der Waals surface area contributed by atoms with E-state index in [2.05, 4.69) is 20.9 Å². The molecule has 1 N–H and O–H groups in total. The van der Waals surface area contributed by atoms with Crippen molar-refractivity contribution in [1.29, 1.82) is 0 Å². The zero-order valence-electron chi connectivity index (χ0n) is 6.46. The predicted octanol–water partition coefficient (Wildman–Crippen LogP) is 2.84. The molecule has 4 heteroatoms. The fourth-order valence-corrected chi connectivity index (χ4v) is 1.70. The molecule has 0 unspecified atom stereocenters. The largest absolute Gasteiger partial charge is 0.507 e. The highest BCUT2D eigenvalue weighted by atomic mass is 79.9. The lowest BCUT2D eigenvalue weighted by Crippen LogP contribution is -1.83. The molecule has 0 saturated carbocycles. The van der Waals surface area contributed by atoms with Gasteiger partial charge in [0.1, 0.15) is 11.6 Å². The third kappa shape index (κ3) is 1.27. The molecule has 0 atom stereocenters. The van der Waals surface area contributed by atoms with E-state index < -0.39 is 5.82 Å². The van der Waals surface area contributed by atoms with Gasteiger partial charge in [0.05, 0.1) is 15.4 Å². The Labute approximate surface area is 82.2 Å². The van der Waals surface area contributed by atoms with Gasteiger partial charge in [-0.25, -0.2) is 4.39 Å². The van der Waals surface area contributed by atoms with E-state index in [0.717, 1.165) is 0 Å². The summed E-state index contributed by atoms with van der Waals surface area (Å²) in [6.45, 7) is 0. The highest BCUT2D eigenvalue weighted by Crippen LogP contribution is 2.31. The molecule has 0 spiro atoms. The van der Waals surface area contributed by atoms with Crippen molar-refractivity contribution in [3.05, 3.63) is 34.7 Å². The summed E-state index contributed by atoms with van der Waals surface area (Å²) in [6, 6.07) is 4.25. The van der Waals surface area contributed by atoms with Crippen LogP contribution in [0.25, 0.3) is 10.9 Å². The molecule has 0 radical (unpaired) electrons.